The minimum Gasteiger partial charge on any atom is -0.455 e. The average molecular weight is 527 g/mol. The molecule has 0 bridgehead atoms. The lowest BCUT2D eigenvalue weighted by Crippen LogP contribution is -1.85. The predicted molar refractivity (Wildman–Crippen MR) is 166 cm³/mol. The second-order valence-electron chi connectivity index (χ2n) is 10.5. The highest BCUT2D eigenvalue weighted by Crippen LogP contribution is 2.44. The van der Waals surface area contributed by atoms with Crippen LogP contribution >= 0.6 is 0 Å². The summed E-state index contributed by atoms with van der Waals surface area (Å²) in [5, 5.41) is 4.40. The highest BCUT2D eigenvalue weighted by molar-refractivity contribution is 6.22. The van der Waals surface area contributed by atoms with E-state index >= 15 is 0 Å². The second kappa shape index (κ2) is 8.44. The van der Waals surface area contributed by atoms with Crippen molar-refractivity contribution in [3.8, 4) is 33.5 Å². The van der Waals surface area contributed by atoms with Crippen LogP contribution in [-0.4, -0.2) is 9.38 Å². The predicted octanol–water partition coefficient (Wildman–Crippen LogP) is 10.1. The molecule has 0 unspecified atom stereocenters. The first-order chi connectivity index (χ1) is 20.3. The van der Waals surface area contributed by atoms with Gasteiger partial charge in [-0.15, -0.1) is 0 Å². The minimum atomic E-state index is 0.845. The van der Waals surface area contributed by atoms with E-state index in [2.05, 4.69) is 85.1 Å². The van der Waals surface area contributed by atoms with Crippen LogP contribution in [0.2, 0.25) is 0 Å². The number of nitrogens with zero attached hydrogens (tertiary/aromatic N) is 2. The molecule has 0 amide bonds. The third-order valence-corrected chi connectivity index (χ3v) is 8.04. The van der Waals surface area contributed by atoms with Gasteiger partial charge >= 0.3 is 0 Å². The van der Waals surface area contributed by atoms with E-state index in [-0.39, 0.29) is 0 Å². The molecule has 192 valence electrons. The van der Waals surface area contributed by atoms with E-state index in [1.54, 1.807) is 0 Å². The molecule has 0 saturated heterocycles. The molecule has 0 aliphatic heterocycles. The second-order valence-corrected chi connectivity index (χ2v) is 10.5. The molecule has 0 radical (unpaired) electrons. The zero-order valence-corrected chi connectivity index (χ0v) is 21.9. The molecule has 0 fully saturated rings. The first-order valence-corrected chi connectivity index (χ1v) is 13.7. The van der Waals surface area contributed by atoms with Gasteiger partial charge in [-0.2, -0.15) is 0 Å². The molecule has 0 saturated carbocycles. The fraction of sp³-hybridized carbons (Fsp3) is 0. The molecule has 9 aromatic rings. The Labute approximate surface area is 234 Å². The number of benzene rings is 5. The summed E-state index contributed by atoms with van der Waals surface area (Å²) in [7, 11) is 0. The van der Waals surface area contributed by atoms with Crippen molar-refractivity contribution >= 4 is 49.5 Å². The number of furan rings is 2. The van der Waals surface area contributed by atoms with Crippen molar-refractivity contribution in [2.24, 2.45) is 0 Å². The quantitative estimate of drug-likeness (QED) is 0.230. The maximum atomic E-state index is 6.51. The van der Waals surface area contributed by atoms with Gasteiger partial charge in [0.2, 0.25) is 0 Å². The van der Waals surface area contributed by atoms with Crippen molar-refractivity contribution in [1.29, 1.82) is 0 Å². The molecule has 41 heavy (non-hydrogen) atoms. The topological polar surface area (TPSA) is 43.6 Å². The molecule has 0 aliphatic rings. The van der Waals surface area contributed by atoms with Crippen molar-refractivity contribution in [2.75, 3.05) is 0 Å². The standard InChI is InChI=1S/C37H22N2O2/c1-3-12-32-27(10-1)29-21-30-28-11-2-4-13-33(28)41-37(30)35(36(29)40-32)26-9-7-8-25(20-26)23-15-17-24(18-16-23)31-22-39-19-6-5-14-34(39)38-31/h1-22H. The molecule has 4 heteroatoms. The smallest absolute Gasteiger partial charge is 0.147 e. The number of para-hydroxylation sites is 2. The van der Waals surface area contributed by atoms with Gasteiger partial charge in [0.1, 0.15) is 28.0 Å². The Morgan fingerprint density at radius 3 is 1.83 bits per heavy atom. The molecule has 0 atom stereocenters. The van der Waals surface area contributed by atoms with E-state index in [4.69, 9.17) is 13.8 Å². The van der Waals surface area contributed by atoms with Gasteiger partial charge < -0.3 is 13.2 Å². The van der Waals surface area contributed by atoms with Crippen LogP contribution in [0.5, 0.6) is 0 Å². The van der Waals surface area contributed by atoms with E-state index in [9.17, 15) is 0 Å². The Morgan fingerprint density at radius 2 is 1.12 bits per heavy atom. The minimum absolute atomic E-state index is 0.845. The summed E-state index contributed by atoms with van der Waals surface area (Å²) in [4.78, 5) is 4.78. The summed E-state index contributed by atoms with van der Waals surface area (Å²) < 4.78 is 15.1. The third-order valence-electron chi connectivity index (χ3n) is 8.04. The first-order valence-electron chi connectivity index (χ1n) is 13.7. The summed E-state index contributed by atoms with van der Waals surface area (Å²) in [5.74, 6) is 0. The summed E-state index contributed by atoms with van der Waals surface area (Å²) in [6, 6.07) is 42.0. The molecular formula is C37H22N2O2. The zero-order valence-electron chi connectivity index (χ0n) is 21.9. The van der Waals surface area contributed by atoms with Crippen LogP contribution in [0, 0.1) is 0 Å². The zero-order chi connectivity index (χ0) is 26.9. The van der Waals surface area contributed by atoms with Gasteiger partial charge in [-0.1, -0.05) is 84.9 Å². The number of pyridine rings is 1. The Hall–Kier alpha value is -5.61. The SMILES string of the molecule is c1cc(-c2ccc(-c3cn4ccccc4n3)cc2)cc(-c2c3oc4ccccc4c3cc3c2oc2ccccc23)c1. The number of aromatic nitrogens is 2. The van der Waals surface area contributed by atoms with Crippen LogP contribution in [0.1, 0.15) is 0 Å². The van der Waals surface area contributed by atoms with E-state index in [1.807, 2.05) is 53.1 Å². The van der Waals surface area contributed by atoms with Gasteiger partial charge in [0.15, 0.2) is 0 Å². The van der Waals surface area contributed by atoms with Crippen molar-refractivity contribution in [2.45, 2.75) is 0 Å². The first kappa shape index (κ1) is 22.2. The number of fused-ring (bicyclic) bond motifs is 7. The van der Waals surface area contributed by atoms with E-state index in [1.165, 1.54) is 0 Å². The largest absolute Gasteiger partial charge is 0.455 e. The fourth-order valence-electron chi connectivity index (χ4n) is 6.06. The van der Waals surface area contributed by atoms with Gasteiger partial charge in [-0.05, 0) is 53.1 Å². The lowest BCUT2D eigenvalue weighted by molar-refractivity contribution is 0.658. The van der Waals surface area contributed by atoms with Crippen molar-refractivity contribution in [3.63, 3.8) is 0 Å². The highest BCUT2D eigenvalue weighted by Gasteiger charge is 2.21. The van der Waals surface area contributed by atoms with Crippen molar-refractivity contribution in [3.05, 3.63) is 134 Å². The van der Waals surface area contributed by atoms with Crippen molar-refractivity contribution in [1.82, 2.24) is 9.38 Å². The maximum Gasteiger partial charge on any atom is 0.147 e. The van der Waals surface area contributed by atoms with Gasteiger partial charge in [0.05, 0.1) is 11.3 Å². The third kappa shape index (κ3) is 3.38. The number of hydrogen-bond acceptors (Lipinski definition) is 3. The molecule has 4 nitrogen and oxygen atoms in total. The lowest BCUT2D eigenvalue weighted by atomic mass is 9.95. The van der Waals surface area contributed by atoms with Crippen LogP contribution in [0.4, 0.5) is 0 Å². The highest BCUT2D eigenvalue weighted by atomic mass is 16.3. The van der Waals surface area contributed by atoms with E-state index in [0.29, 0.717) is 0 Å². The average Bonchev–Trinajstić information content (AvgIpc) is 3.73. The molecule has 9 rings (SSSR count). The lowest BCUT2D eigenvalue weighted by Gasteiger charge is -2.08. The van der Waals surface area contributed by atoms with E-state index < -0.39 is 0 Å². The van der Waals surface area contributed by atoms with Gasteiger partial charge in [0, 0.05) is 39.5 Å². The molecule has 5 aromatic carbocycles. The normalized spacial score (nSPS) is 11.9. The fourth-order valence-corrected chi connectivity index (χ4v) is 6.06. The molecule has 0 N–H and O–H groups in total. The van der Waals surface area contributed by atoms with Gasteiger partial charge in [-0.3, -0.25) is 0 Å². The molecule has 0 aliphatic carbocycles. The number of hydrogen-bond donors (Lipinski definition) is 0. The Kier molecular flexibility index (Phi) is 4.58. The van der Waals surface area contributed by atoms with E-state index in [0.717, 1.165) is 83.0 Å². The molecule has 4 aromatic heterocycles. The van der Waals surface area contributed by atoms with Gasteiger partial charge in [-0.25, -0.2) is 4.98 Å². The van der Waals surface area contributed by atoms with Crippen LogP contribution < -0.4 is 0 Å². The Morgan fingerprint density at radius 1 is 0.488 bits per heavy atom. The summed E-state index contributed by atoms with van der Waals surface area (Å²) in [5.41, 5.74) is 10.7. The van der Waals surface area contributed by atoms with Crippen LogP contribution in [0.15, 0.2) is 143 Å². The van der Waals surface area contributed by atoms with Crippen LogP contribution in [-0.2, 0) is 0 Å². The summed E-state index contributed by atoms with van der Waals surface area (Å²) >= 11 is 0. The Balaban J connectivity index is 1.22. The summed E-state index contributed by atoms with van der Waals surface area (Å²) in [6.45, 7) is 0. The van der Waals surface area contributed by atoms with Crippen molar-refractivity contribution < 1.29 is 8.83 Å². The maximum absolute atomic E-state index is 6.51. The number of rotatable bonds is 3. The molecular weight excluding hydrogens is 504 g/mol. The molecule has 0 spiro atoms. The summed E-state index contributed by atoms with van der Waals surface area (Å²) in [6.07, 6.45) is 4.09. The Bertz CT molecular complexity index is 2300. The van der Waals surface area contributed by atoms with Gasteiger partial charge in [0.25, 0.3) is 0 Å². The van der Waals surface area contributed by atoms with Crippen LogP contribution in [0.3, 0.4) is 0 Å². The monoisotopic (exact) mass is 526 g/mol. The van der Waals surface area contributed by atoms with Crippen LogP contribution in [0.25, 0.3) is 83.0 Å². The number of imidazole rings is 1. The molecule has 4 heterocycles.